The quantitative estimate of drug-likeness (QED) is 0.706. The Morgan fingerprint density at radius 1 is 1.40 bits per heavy atom. The van der Waals surface area contributed by atoms with Gasteiger partial charge in [0.25, 0.3) is 0 Å². The molecule has 0 bridgehead atoms. The number of aryl methyl sites for hydroxylation is 1. The fourth-order valence-electron chi connectivity index (χ4n) is 1.87. The molecule has 0 atom stereocenters. The van der Waals surface area contributed by atoms with Crippen LogP contribution in [0.3, 0.4) is 0 Å². The van der Waals surface area contributed by atoms with Gasteiger partial charge in [-0.05, 0) is 25.8 Å². The van der Waals surface area contributed by atoms with Crippen LogP contribution in [0.25, 0.3) is 0 Å². The predicted molar refractivity (Wildman–Crippen MR) is 65.1 cm³/mol. The summed E-state index contributed by atoms with van der Waals surface area (Å²) >= 11 is 12.3. The smallest absolute Gasteiger partial charge is 0.0851 e. The van der Waals surface area contributed by atoms with Crippen molar-refractivity contribution in [3.8, 4) is 0 Å². The molecule has 15 heavy (non-hydrogen) atoms. The second-order valence-corrected chi connectivity index (χ2v) is 4.89. The standard InChI is InChI=1S/C11H14Cl2N2/c1-8-11(13)10(2-5-14-8)15-6-3-9(12)4-7-15/h2,5,9H,3-4,6-7H2,1H3. The number of alkyl halides is 1. The molecule has 0 aromatic carbocycles. The number of nitrogens with zero attached hydrogens (tertiary/aromatic N) is 2. The highest BCUT2D eigenvalue weighted by Gasteiger charge is 2.19. The van der Waals surface area contributed by atoms with E-state index in [9.17, 15) is 0 Å². The third-order valence-electron chi connectivity index (χ3n) is 2.81. The van der Waals surface area contributed by atoms with Crippen molar-refractivity contribution in [3.05, 3.63) is 23.0 Å². The number of hydrogen-bond donors (Lipinski definition) is 0. The third-order valence-corrected chi connectivity index (χ3v) is 3.71. The van der Waals surface area contributed by atoms with E-state index < -0.39 is 0 Å². The molecule has 2 heterocycles. The molecule has 0 amide bonds. The van der Waals surface area contributed by atoms with E-state index in [0.29, 0.717) is 5.38 Å². The van der Waals surface area contributed by atoms with Gasteiger partial charge in [0, 0.05) is 24.7 Å². The number of halogens is 2. The molecule has 1 aliphatic rings. The zero-order valence-corrected chi connectivity index (χ0v) is 10.2. The van der Waals surface area contributed by atoms with E-state index in [1.54, 1.807) is 0 Å². The van der Waals surface area contributed by atoms with Crippen molar-refractivity contribution in [3.63, 3.8) is 0 Å². The van der Waals surface area contributed by atoms with Gasteiger partial charge in [0.1, 0.15) is 0 Å². The molecule has 0 aliphatic carbocycles. The highest BCUT2D eigenvalue weighted by molar-refractivity contribution is 6.33. The van der Waals surface area contributed by atoms with Crippen molar-refractivity contribution in [1.29, 1.82) is 0 Å². The van der Waals surface area contributed by atoms with E-state index in [-0.39, 0.29) is 0 Å². The van der Waals surface area contributed by atoms with Gasteiger partial charge in [-0.3, -0.25) is 4.98 Å². The molecule has 0 N–H and O–H groups in total. The zero-order chi connectivity index (χ0) is 10.8. The lowest BCUT2D eigenvalue weighted by atomic mass is 10.1. The normalized spacial score (nSPS) is 18.2. The lowest BCUT2D eigenvalue weighted by molar-refractivity contribution is 0.585. The zero-order valence-electron chi connectivity index (χ0n) is 8.71. The molecule has 1 fully saturated rings. The SMILES string of the molecule is Cc1nccc(N2CCC(Cl)CC2)c1Cl. The van der Waals surface area contributed by atoms with E-state index in [0.717, 1.165) is 42.3 Å². The molecular weight excluding hydrogens is 231 g/mol. The van der Waals surface area contributed by atoms with Crippen LogP contribution in [0.2, 0.25) is 5.02 Å². The van der Waals surface area contributed by atoms with Crippen LogP contribution in [0.5, 0.6) is 0 Å². The van der Waals surface area contributed by atoms with Crippen LogP contribution in [0.15, 0.2) is 12.3 Å². The number of hydrogen-bond acceptors (Lipinski definition) is 2. The molecule has 0 radical (unpaired) electrons. The minimum absolute atomic E-state index is 0.322. The Morgan fingerprint density at radius 3 is 2.73 bits per heavy atom. The molecule has 1 aromatic rings. The predicted octanol–water partition coefficient (Wildman–Crippen LogP) is 3.25. The van der Waals surface area contributed by atoms with Crippen molar-refractivity contribution < 1.29 is 0 Å². The Hall–Kier alpha value is -0.470. The molecule has 2 nitrogen and oxygen atoms in total. The van der Waals surface area contributed by atoms with Crippen molar-refractivity contribution in [1.82, 2.24) is 4.98 Å². The fourth-order valence-corrected chi connectivity index (χ4v) is 2.29. The van der Waals surface area contributed by atoms with E-state index in [2.05, 4.69) is 9.88 Å². The van der Waals surface area contributed by atoms with Crippen molar-refractivity contribution in [2.24, 2.45) is 0 Å². The molecule has 0 unspecified atom stereocenters. The Bertz CT molecular complexity index is 346. The Balaban J connectivity index is 2.19. The molecule has 2 rings (SSSR count). The fraction of sp³-hybridized carbons (Fsp3) is 0.545. The molecule has 4 heteroatoms. The van der Waals surface area contributed by atoms with E-state index >= 15 is 0 Å². The summed E-state index contributed by atoms with van der Waals surface area (Å²) in [7, 11) is 0. The summed E-state index contributed by atoms with van der Waals surface area (Å²) in [6.45, 7) is 3.90. The summed E-state index contributed by atoms with van der Waals surface area (Å²) in [4.78, 5) is 6.45. The first-order valence-electron chi connectivity index (χ1n) is 5.18. The molecule has 0 saturated carbocycles. The molecule has 0 spiro atoms. The van der Waals surface area contributed by atoms with Crippen molar-refractivity contribution in [2.45, 2.75) is 25.1 Å². The summed E-state index contributed by atoms with van der Waals surface area (Å²) in [5.41, 5.74) is 1.98. The number of piperidine rings is 1. The van der Waals surface area contributed by atoms with Gasteiger partial charge in [-0.25, -0.2) is 0 Å². The van der Waals surface area contributed by atoms with E-state index in [4.69, 9.17) is 23.2 Å². The lowest BCUT2D eigenvalue weighted by Crippen LogP contribution is -2.34. The monoisotopic (exact) mass is 244 g/mol. The van der Waals surface area contributed by atoms with Crippen LogP contribution < -0.4 is 4.90 Å². The third kappa shape index (κ3) is 2.37. The molecule has 82 valence electrons. The van der Waals surface area contributed by atoms with Gasteiger partial charge < -0.3 is 4.90 Å². The van der Waals surface area contributed by atoms with Crippen LogP contribution in [0.4, 0.5) is 5.69 Å². The highest BCUT2D eigenvalue weighted by Crippen LogP contribution is 2.30. The average molecular weight is 245 g/mol. The number of anilines is 1. The number of rotatable bonds is 1. The van der Waals surface area contributed by atoms with E-state index in [1.807, 2.05) is 19.2 Å². The van der Waals surface area contributed by atoms with Crippen LogP contribution in [0.1, 0.15) is 18.5 Å². The van der Waals surface area contributed by atoms with Crippen molar-refractivity contribution >= 4 is 28.9 Å². The Kier molecular flexibility index (Phi) is 3.37. The molecular formula is C11H14Cl2N2. The largest absolute Gasteiger partial charge is 0.370 e. The number of aromatic nitrogens is 1. The van der Waals surface area contributed by atoms with Crippen LogP contribution in [-0.2, 0) is 0 Å². The maximum Gasteiger partial charge on any atom is 0.0851 e. The minimum atomic E-state index is 0.322. The first-order valence-corrected chi connectivity index (χ1v) is 6.00. The minimum Gasteiger partial charge on any atom is -0.370 e. The van der Waals surface area contributed by atoms with E-state index in [1.165, 1.54) is 0 Å². The highest BCUT2D eigenvalue weighted by atomic mass is 35.5. The van der Waals surface area contributed by atoms with Gasteiger partial charge in [0.05, 0.1) is 16.4 Å². The van der Waals surface area contributed by atoms with Gasteiger partial charge in [-0.15, -0.1) is 11.6 Å². The summed E-state index contributed by atoms with van der Waals surface area (Å²) in [6, 6.07) is 1.98. The second kappa shape index (κ2) is 4.58. The van der Waals surface area contributed by atoms with Gasteiger partial charge in [-0.1, -0.05) is 11.6 Å². The Labute approximate surface area is 100 Å². The second-order valence-electron chi connectivity index (χ2n) is 3.89. The maximum absolute atomic E-state index is 6.23. The van der Waals surface area contributed by atoms with Crippen LogP contribution >= 0.6 is 23.2 Å². The lowest BCUT2D eigenvalue weighted by Gasteiger charge is -2.31. The number of pyridine rings is 1. The van der Waals surface area contributed by atoms with Crippen molar-refractivity contribution in [2.75, 3.05) is 18.0 Å². The summed E-state index contributed by atoms with van der Waals surface area (Å²) in [6.07, 6.45) is 3.86. The average Bonchev–Trinajstić information content (AvgIpc) is 2.24. The van der Waals surface area contributed by atoms with Gasteiger partial charge in [-0.2, -0.15) is 0 Å². The first kappa shape index (κ1) is 11.0. The van der Waals surface area contributed by atoms with Gasteiger partial charge >= 0.3 is 0 Å². The molecule has 1 aromatic heterocycles. The molecule has 1 aliphatic heterocycles. The van der Waals surface area contributed by atoms with Crippen LogP contribution in [0, 0.1) is 6.92 Å². The summed E-state index contributed by atoms with van der Waals surface area (Å²) in [5, 5.41) is 1.09. The summed E-state index contributed by atoms with van der Waals surface area (Å²) < 4.78 is 0. The van der Waals surface area contributed by atoms with Crippen LogP contribution in [-0.4, -0.2) is 23.5 Å². The van der Waals surface area contributed by atoms with Gasteiger partial charge in [0.15, 0.2) is 0 Å². The Morgan fingerprint density at radius 2 is 2.07 bits per heavy atom. The first-order chi connectivity index (χ1) is 7.18. The summed E-state index contributed by atoms with van der Waals surface area (Å²) in [5.74, 6) is 0. The topological polar surface area (TPSA) is 16.1 Å². The van der Waals surface area contributed by atoms with Gasteiger partial charge in [0.2, 0.25) is 0 Å². The molecule has 1 saturated heterocycles. The maximum atomic E-state index is 6.23.